The zero-order valence-electron chi connectivity index (χ0n) is 37.6. The molecule has 66 heavy (non-hydrogen) atoms. The van der Waals surface area contributed by atoms with Crippen LogP contribution in [0.3, 0.4) is 0 Å². The average molecular weight is 866 g/mol. The van der Waals surface area contributed by atoms with Gasteiger partial charge in [0.25, 0.3) is 0 Å². The third-order valence-electron chi connectivity index (χ3n) is 13.3. The van der Waals surface area contributed by atoms with Gasteiger partial charge >= 0.3 is 6.18 Å². The third kappa shape index (κ3) is 6.70. The van der Waals surface area contributed by atoms with E-state index in [2.05, 4.69) is 77.9 Å². The highest BCUT2D eigenvalue weighted by Gasteiger charge is 2.40. The molecule has 0 amide bonds. The smallest absolute Gasteiger partial charge is 0.309 e. The van der Waals surface area contributed by atoms with Crippen LogP contribution < -0.4 is 0 Å². The summed E-state index contributed by atoms with van der Waals surface area (Å²) in [7, 11) is 0. The number of fused-ring (bicyclic) bond motifs is 6. The predicted molar refractivity (Wildman–Crippen MR) is 268 cm³/mol. The van der Waals surface area contributed by atoms with Gasteiger partial charge in [0.1, 0.15) is 5.56 Å². The minimum atomic E-state index is -4.79. The lowest BCUT2D eigenvalue weighted by Crippen LogP contribution is -2.16. The lowest BCUT2D eigenvalue weighted by Gasteiger charge is -2.23. The Labute approximate surface area is 382 Å². The molecule has 11 rings (SSSR count). The molecule has 322 valence electrons. The summed E-state index contributed by atoms with van der Waals surface area (Å²) in [5.41, 5.74) is 16.1. The van der Waals surface area contributed by atoms with Crippen LogP contribution in [-0.4, -0.2) is 14.1 Å². The summed E-state index contributed by atoms with van der Waals surface area (Å²) in [5.74, 6) is 0. The Morgan fingerprint density at radius 3 is 1.23 bits per heavy atom. The van der Waals surface area contributed by atoms with Crippen molar-refractivity contribution in [2.45, 2.75) is 47.7 Å². The monoisotopic (exact) mass is 865 g/mol. The molecule has 3 nitrogen and oxygen atoms in total. The maximum absolute atomic E-state index is 16.7. The molecule has 0 saturated carbocycles. The van der Waals surface area contributed by atoms with E-state index in [4.69, 9.17) is 4.98 Å². The van der Waals surface area contributed by atoms with Gasteiger partial charge in [-0.25, -0.2) is 4.98 Å². The summed E-state index contributed by atoms with van der Waals surface area (Å²) < 4.78 is 53.7. The van der Waals surface area contributed by atoms with Gasteiger partial charge in [-0.05, 0) is 147 Å². The van der Waals surface area contributed by atoms with Crippen LogP contribution in [-0.2, 0) is 6.18 Å². The first kappa shape index (κ1) is 41.0. The molecule has 3 heterocycles. The number of alkyl halides is 3. The third-order valence-corrected chi connectivity index (χ3v) is 13.3. The van der Waals surface area contributed by atoms with Crippen molar-refractivity contribution in [2.24, 2.45) is 0 Å². The van der Waals surface area contributed by atoms with Crippen molar-refractivity contribution in [3.63, 3.8) is 0 Å². The van der Waals surface area contributed by atoms with E-state index in [1.54, 1.807) is 12.1 Å². The van der Waals surface area contributed by atoms with Crippen LogP contribution in [0.4, 0.5) is 13.2 Å². The van der Waals surface area contributed by atoms with Crippen LogP contribution in [0.25, 0.3) is 99.8 Å². The Morgan fingerprint density at radius 1 is 0.364 bits per heavy atom. The van der Waals surface area contributed by atoms with E-state index in [-0.39, 0.29) is 11.4 Å². The molecular weight excluding hydrogens is 820 g/mol. The van der Waals surface area contributed by atoms with Crippen molar-refractivity contribution >= 4 is 43.6 Å². The number of hydrogen-bond donors (Lipinski definition) is 0. The molecule has 6 heteroatoms. The number of pyridine rings is 1. The quantitative estimate of drug-likeness (QED) is 0.163. The molecule has 0 atom stereocenters. The highest BCUT2D eigenvalue weighted by atomic mass is 19.4. The Bertz CT molecular complexity index is 3510. The van der Waals surface area contributed by atoms with Crippen molar-refractivity contribution < 1.29 is 13.2 Å². The second-order valence-electron chi connectivity index (χ2n) is 17.9. The van der Waals surface area contributed by atoms with Crippen molar-refractivity contribution in [3.8, 4) is 56.1 Å². The molecule has 0 aliphatic heterocycles. The maximum atomic E-state index is 16.7. The van der Waals surface area contributed by atoms with Gasteiger partial charge in [-0.1, -0.05) is 120 Å². The molecule has 11 aromatic rings. The van der Waals surface area contributed by atoms with Gasteiger partial charge in [0.05, 0.1) is 44.8 Å². The molecule has 0 unspecified atom stereocenters. The standard InChI is InChI=1S/C60H46F3N3/c1-35-27-37(3)57(38(4)28-35)42-23-25-53-47(31-42)45-17-10-12-21-51(45)65(53)55-33-44(50-20-14-19-49(64-50)41-15-8-7-9-16-41)34-56(59(55)60(61,62)63)66-52-22-13-11-18-46(52)48-32-43(24-26-54(48)66)58-39(5)29-36(2)30-40(58)6/h7-34H,1-6H3. The van der Waals surface area contributed by atoms with Gasteiger partial charge in [0.15, 0.2) is 0 Å². The molecule has 0 aliphatic carbocycles. The summed E-state index contributed by atoms with van der Waals surface area (Å²) in [6.07, 6.45) is -4.79. The molecule has 0 bridgehead atoms. The number of benzene rings is 8. The first-order valence-electron chi connectivity index (χ1n) is 22.4. The molecule has 3 aromatic heterocycles. The molecule has 0 radical (unpaired) electrons. The van der Waals surface area contributed by atoms with E-state index in [0.29, 0.717) is 33.3 Å². The Morgan fingerprint density at radius 2 is 0.773 bits per heavy atom. The maximum Gasteiger partial charge on any atom is 0.420 e. The van der Waals surface area contributed by atoms with E-state index in [1.807, 2.05) is 130 Å². The van der Waals surface area contributed by atoms with Gasteiger partial charge in [-0.2, -0.15) is 13.2 Å². The number of nitrogens with zero attached hydrogens (tertiary/aromatic N) is 3. The zero-order valence-corrected chi connectivity index (χ0v) is 37.6. The van der Waals surface area contributed by atoms with Crippen LogP contribution in [0.2, 0.25) is 0 Å². The average Bonchev–Trinajstić information content (AvgIpc) is 3.80. The van der Waals surface area contributed by atoms with E-state index < -0.39 is 11.7 Å². The van der Waals surface area contributed by atoms with Gasteiger partial charge in [-0.3, -0.25) is 0 Å². The van der Waals surface area contributed by atoms with Gasteiger partial charge in [-0.15, -0.1) is 0 Å². The van der Waals surface area contributed by atoms with E-state index >= 15 is 13.2 Å². The van der Waals surface area contributed by atoms with E-state index in [0.717, 1.165) is 77.3 Å². The van der Waals surface area contributed by atoms with Crippen molar-refractivity contribution in [1.29, 1.82) is 0 Å². The Balaban J connectivity index is 1.25. The summed E-state index contributed by atoms with van der Waals surface area (Å²) in [6, 6.07) is 55.7. The van der Waals surface area contributed by atoms with Crippen molar-refractivity contribution in [3.05, 3.63) is 209 Å². The summed E-state index contributed by atoms with van der Waals surface area (Å²) >= 11 is 0. The van der Waals surface area contributed by atoms with E-state index in [9.17, 15) is 0 Å². The molecule has 0 spiro atoms. The molecular formula is C60H46F3N3. The van der Waals surface area contributed by atoms with Crippen LogP contribution in [0, 0.1) is 41.5 Å². The van der Waals surface area contributed by atoms with Crippen LogP contribution in [0.5, 0.6) is 0 Å². The Kier molecular flexibility index (Phi) is 9.63. The second-order valence-corrected chi connectivity index (χ2v) is 17.9. The largest absolute Gasteiger partial charge is 0.420 e. The summed E-state index contributed by atoms with van der Waals surface area (Å²) in [6.45, 7) is 12.7. The molecule has 0 saturated heterocycles. The highest BCUT2D eigenvalue weighted by Crippen LogP contribution is 2.47. The highest BCUT2D eigenvalue weighted by molar-refractivity contribution is 6.12. The molecule has 8 aromatic carbocycles. The van der Waals surface area contributed by atoms with Crippen LogP contribution in [0.15, 0.2) is 170 Å². The number of para-hydroxylation sites is 2. The summed E-state index contributed by atoms with van der Waals surface area (Å²) in [4.78, 5) is 5.14. The fraction of sp³-hybridized carbons (Fsp3) is 0.117. The minimum Gasteiger partial charge on any atom is -0.309 e. The molecule has 0 N–H and O–H groups in total. The Hall–Kier alpha value is -7.70. The molecule has 0 fully saturated rings. The number of aromatic nitrogens is 3. The van der Waals surface area contributed by atoms with Crippen molar-refractivity contribution in [2.75, 3.05) is 0 Å². The van der Waals surface area contributed by atoms with E-state index in [1.165, 1.54) is 11.1 Å². The predicted octanol–water partition coefficient (Wildman–Crippen LogP) is 16.8. The van der Waals surface area contributed by atoms with Crippen LogP contribution >= 0.6 is 0 Å². The number of rotatable bonds is 6. The fourth-order valence-corrected chi connectivity index (χ4v) is 10.8. The van der Waals surface area contributed by atoms with Gasteiger partial charge in [0, 0.05) is 32.7 Å². The second kappa shape index (κ2) is 15.5. The van der Waals surface area contributed by atoms with Gasteiger partial charge < -0.3 is 9.13 Å². The normalized spacial score (nSPS) is 12.0. The number of aryl methyl sites for hydroxylation is 6. The SMILES string of the molecule is Cc1cc(C)c(-c2ccc3c(c2)c2ccccc2n3-c2cc(-c3cccc(-c4ccccc4)n3)cc(-n3c4ccccc4c4cc(-c5c(C)cc(C)cc5C)ccc43)c2C(F)(F)F)c(C)c1. The summed E-state index contributed by atoms with van der Waals surface area (Å²) in [5, 5.41) is 3.48. The lowest BCUT2D eigenvalue weighted by atomic mass is 9.93. The fourth-order valence-electron chi connectivity index (χ4n) is 10.8. The molecule has 0 aliphatic rings. The van der Waals surface area contributed by atoms with Crippen molar-refractivity contribution in [1.82, 2.24) is 14.1 Å². The first-order chi connectivity index (χ1) is 31.8. The lowest BCUT2D eigenvalue weighted by molar-refractivity contribution is -0.137. The zero-order chi connectivity index (χ0) is 45.6. The van der Waals surface area contributed by atoms with Crippen LogP contribution in [0.1, 0.15) is 38.9 Å². The minimum absolute atomic E-state index is 0.0250. The number of hydrogen-bond acceptors (Lipinski definition) is 1. The first-order valence-corrected chi connectivity index (χ1v) is 22.4. The van der Waals surface area contributed by atoms with Gasteiger partial charge in [0.2, 0.25) is 0 Å². The number of halogens is 3. The topological polar surface area (TPSA) is 22.8 Å².